The molecule has 0 spiro atoms. The maximum absolute atomic E-state index is 9.17. The summed E-state index contributed by atoms with van der Waals surface area (Å²) in [6.07, 6.45) is 0. The van der Waals surface area contributed by atoms with Crippen molar-refractivity contribution in [3.05, 3.63) is 58.1 Å². The fourth-order valence-corrected chi connectivity index (χ4v) is 2.05. The monoisotopic (exact) mass is 251 g/mol. The Kier molecular flexibility index (Phi) is 3.57. The van der Waals surface area contributed by atoms with Crippen LogP contribution in [0.3, 0.4) is 0 Å². The molecule has 2 rings (SSSR count). The van der Waals surface area contributed by atoms with E-state index in [4.69, 9.17) is 10.00 Å². The molecule has 2 aromatic carbocycles. The lowest BCUT2D eigenvalue weighted by Crippen LogP contribution is -1.94. The van der Waals surface area contributed by atoms with Crippen molar-refractivity contribution in [2.24, 2.45) is 0 Å². The van der Waals surface area contributed by atoms with Gasteiger partial charge in [-0.3, -0.25) is 0 Å². The van der Waals surface area contributed by atoms with Gasteiger partial charge in [-0.05, 0) is 68.1 Å². The van der Waals surface area contributed by atoms with E-state index in [9.17, 15) is 0 Å². The SMILES string of the molecule is Cc1ccc(Oc2cc(C)cc(C)c2C)c(C#N)c1. The van der Waals surface area contributed by atoms with Crippen molar-refractivity contribution in [2.45, 2.75) is 27.7 Å². The maximum Gasteiger partial charge on any atom is 0.145 e. The summed E-state index contributed by atoms with van der Waals surface area (Å²) in [4.78, 5) is 0. The van der Waals surface area contributed by atoms with Gasteiger partial charge in [0.1, 0.15) is 17.6 Å². The minimum atomic E-state index is 0.568. The summed E-state index contributed by atoms with van der Waals surface area (Å²) in [5.41, 5.74) is 5.08. The van der Waals surface area contributed by atoms with Gasteiger partial charge >= 0.3 is 0 Å². The third-order valence-electron chi connectivity index (χ3n) is 3.24. The van der Waals surface area contributed by atoms with Crippen LogP contribution in [0, 0.1) is 39.0 Å². The van der Waals surface area contributed by atoms with E-state index in [-0.39, 0.29) is 0 Å². The van der Waals surface area contributed by atoms with Crippen molar-refractivity contribution in [2.75, 3.05) is 0 Å². The van der Waals surface area contributed by atoms with Gasteiger partial charge in [0.15, 0.2) is 0 Å². The predicted molar refractivity (Wildman–Crippen MR) is 76.6 cm³/mol. The first-order valence-corrected chi connectivity index (χ1v) is 6.27. The van der Waals surface area contributed by atoms with Crippen LogP contribution in [0.4, 0.5) is 0 Å². The van der Waals surface area contributed by atoms with Crippen LogP contribution in [0.25, 0.3) is 0 Å². The summed E-state index contributed by atoms with van der Waals surface area (Å²) in [5.74, 6) is 1.43. The van der Waals surface area contributed by atoms with Crippen molar-refractivity contribution in [3.8, 4) is 17.6 Å². The largest absolute Gasteiger partial charge is 0.456 e. The number of hydrogen-bond donors (Lipinski definition) is 0. The molecule has 2 nitrogen and oxygen atoms in total. The van der Waals surface area contributed by atoms with Gasteiger partial charge in [0.25, 0.3) is 0 Å². The normalized spacial score (nSPS) is 10.1. The summed E-state index contributed by atoms with van der Waals surface area (Å²) in [7, 11) is 0. The van der Waals surface area contributed by atoms with Crippen molar-refractivity contribution >= 4 is 0 Å². The van der Waals surface area contributed by atoms with Crippen LogP contribution in [-0.4, -0.2) is 0 Å². The van der Waals surface area contributed by atoms with Crippen LogP contribution in [0.15, 0.2) is 30.3 Å². The zero-order valence-corrected chi connectivity index (χ0v) is 11.7. The molecule has 0 amide bonds. The van der Waals surface area contributed by atoms with Crippen LogP contribution in [-0.2, 0) is 0 Å². The van der Waals surface area contributed by atoms with Crippen molar-refractivity contribution in [1.82, 2.24) is 0 Å². The number of ether oxygens (including phenoxy) is 1. The van der Waals surface area contributed by atoms with Gasteiger partial charge in [0.05, 0.1) is 5.56 Å². The van der Waals surface area contributed by atoms with Gasteiger partial charge in [-0.1, -0.05) is 12.1 Å². The van der Waals surface area contributed by atoms with Gasteiger partial charge in [-0.25, -0.2) is 0 Å². The Morgan fingerprint density at radius 2 is 1.63 bits per heavy atom. The van der Waals surface area contributed by atoms with Crippen LogP contribution in [0.5, 0.6) is 11.5 Å². The average molecular weight is 251 g/mol. The molecule has 0 fully saturated rings. The van der Waals surface area contributed by atoms with E-state index >= 15 is 0 Å². The molecule has 0 atom stereocenters. The minimum Gasteiger partial charge on any atom is -0.456 e. The summed E-state index contributed by atoms with van der Waals surface area (Å²) in [5, 5.41) is 9.17. The Morgan fingerprint density at radius 3 is 2.32 bits per heavy atom. The minimum absolute atomic E-state index is 0.568. The predicted octanol–water partition coefficient (Wildman–Crippen LogP) is 4.58. The highest BCUT2D eigenvalue weighted by molar-refractivity contribution is 5.50. The summed E-state index contributed by atoms with van der Waals surface area (Å²) in [6, 6.07) is 12.0. The molecule has 96 valence electrons. The van der Waals surface area contributed by atoms with E-state index in [0.717, 1.165) is 22.4 Å². The number of rotatable bonds is 2. The highest BCUT2D eigenvalue weighted by Crippen LogP contribution is 2.30. The van der Waals surface area contributed by atoms with E-state index in [2.05, 4.69) is 19.1 Å². The van der Waals surface area contributed by atoms with E-state index in [1.165, 1.54) is 5.56 Å². The van der Waals surface area contributed by atoms with E-state index in [1.807, 2.05) is 45.0 Å². The summed E-state index contributed by atoms with van der Waals surface area (Å²) < 4.78 is 5.93. The molecule has 0 saturated carbocycles. The first kappa shape index (κ1) is 13.2. The van der Waals surface area contributed by atoms with Crippen LogP contribution in [0.1, 0.15) is 27.8 Å². The van der Waals surface area contributed by atoms with Crippen molar-refractivity contribution < 1.29 is 4.74 Å². The maximum atomic E-state index is 9.17. The van der Waals surface area contributed by atoms with E-state index in [0.29, 0.717) is 11.3 Å². The quantitative estimate of drug-likeness (QED) is 0.782. The average Bonchev–Trinajstić information content (AvgIpc) is 2.37. The first-order chi connectivity index (χ1) is 9.01. The first-order valence-electron chi connectivity index (χ1n) is 6.27. The lowest BCUT2D eigenvalue weighted by Gasteiger charge is -2.13. The van der Waals surface area contributed by atoms with Gasteiger partial charge in [0.2, 0.25) is 0 Å². The van der Waals surface area contributed by atoms with Crippen molar-refractivity contribution in [1.29, 1.82) is 5.26 Å². The molecule has 2 heteroatoms. The Labute approximate surface area is 114 Å². The number of hydrogen-bond acceptors (Lipinski definition) is 2. The Morgan fingerprint density at radius 1 is 0.895 bits per heavy atom. The van der Waals surface area contributed by atoms with E-state index < -0.39 is 0 Å². The molecule has 0 aromatic heterocycles. The van der Waals surface area contributed by atoms with Gasteiger partial charge in [0, 0.05) is 0 Å². The number of nitriles is 1. The fraction of sp³-hybridized carbons (Fsp3) is 0.235. The molecule has 0 aliphatic carbocycles. The molecular weight excluding hydrogens is 234 g/mol. The molecule has 0 bridgehead atoms. The number of aryl methyl sites for hydroxylation is 3. The zero-order valence-electron chi connectivity index (χ0n) is 11.7. The Bertz CT molecular complexity index is 666. The molecule has 19 heavy (non-hydrogen) atoms. The molecule has 0 aliphatic rings. The van der Waals surface area contributed by atoms with Gasteiger partial charge in [-0.15, -0.1) is 0 Å². The molecular formula is C17H17NO. The highest BCUT2D eigenvalue weighted by atomic mass is 16.5. The second-order valence-corrected chi connectivity index (χ2v) is 4.92. The standard InChI is InChI=1S/C17H17NO/c1-11-5-6-16(15(8-11)10-18)19-17-9-12(2)7-13(3)14(17)4/h5-9H,1-4H3. The molecule has 2 aromatic rings. The van der Waals surface area contributed by atoms with Crippen LogP contribution < -0.4 is 4.74 Å². The lowest BCUT2D eigenvalue weighted by atomic mass is 10.1. The molecule has 0 saturated heterocycles. The molecule has 0 aliphatic heterocycles. The summed E-state index contributed by atoms with van der Waals surface area (Å²) >= 11 is 0. The smallest absolute Gasteiger partial charge is 0.145 e. The topological polar surface area (TPSA) is 33.0 Å². The van der Waals surface area contributed by atoms with Crippen LogP contribution in [0.2, 0.25) is 0 Å². The fourth-order valence-electron chi connectivity index (χ4n) is 2.05. The molecule has 0 N–H and O–H groups in total. The molecule has 0 heterocycles. The van der Waals surface area contributed by atoms with Gasteiger partial charge in [-0.2, -0.15) is 5.26 Å². The second kappa shape index (κ2) is 5.16. The highest BCUT2D eigenvalue weighted by Gasteiger charge is 2.09. The third-order valence-corrected chi connectivity index (χ3v) is 3.24. The van der Waals surface area contributed by atoms with Crippen molar-refractivity contribution in [3.63, 3.8) is 0 Å². The Balaban J connectivity index is 2.45. The zero-order chi connectivity index (χ0) is 14.0. The molecule has 0 radical (unpaired) electrons. The van der Waals surface area contributed by atoms with Crippen LogP contribution >= 0.6 is 0 Å². The Hall–Kier alpha value is -2.27. The van der Waals surface area contributed by atoms with E-state index in [1.54, 1.807) is 0 Å². The number of nitrogens with zero attached hydrogens (tertiary/aromatic N) is 1. The number of benzene rings is 2. The second-order valence-electron chi connectivity index (χ2n) is 4.92. The third kappa shape index (κ3) is 2.77. The van der Waals surface area contributed by atoms with Gasteiger partial charge < -0.3 is 4.74 Å². The summed E-state index contributed by atoms with van der Waals surface area (Å²) in [6.45, 7) is 8.10. The molecule has 0 unspecified atom stereocenters. The lowest BCUT2D eigenvalue weighted by molar-refractivity contribution is 0.476.